The number of hydrogen-bond donors (Lipinski definition) is 2. The SMILES string of the molecule is c1cnc2c(c1)CCC[C@@H]2N(CCCN1CCNCC1)Cc1cc2c(cn1)[nH]c1ccccc12. The van der Waals surface area contributed by atoms with E-state index in [9.17, 15) is 0 Å². The highest BCUT2D eigenvalue weighted by Gasteiger charge is 2.27. The Morgan fingerprint density at radius 1 is 1.00 bits per heavy atom. The molecule has 34 heavy (non-hydrogen) atoms. The number of aromatic amines is 1. The van der Waals surface area contributed by atoms with Gasteiger partial charge in [0.15, 0.2) is 0 Å². The molecule has 4 heterocycles. The maximum Gasteiger partial charge on any atom is 0.0651 e. The highest BCUT2D eigenvalue weighted by atomic mass is 15.2. The molecule has 6 rings (SSSR count). The number of nitrogens with one attached hydrogen (secondary N) is 2. The van der Waals surface area contributed by atoms with Crippen LogP contribution >= 0.6 is 0 Å². The fourth-order valence-electron chi connectivity index (χ4n) is 5.81. The fraction of sp³-hybridized carbons (Fsp3) is 0.429. The van der Waals surface area contributed by atoms with Crippen molar-refractivity contribution in [2.24, 2.45) is 0 Å². The van der Waals surface area contributed by atoms with Crippen LogP contribution in [0.3, 0.4) is 0 Å². The fourth-order valence-corrected chi connectivity index (χ4v) is 5.81. The van der Waals surface area contributed by atoms with Gasteiger partial charge in [-0.2, -0.15) is 0 Å². The summed E-state index contributed by atoms with van der Waals surface area (Å²) in [6.45, 7) is 7.63. The van der Waals surface area contributed by atoms with Gasteiger partial charge in [0.25, 0.3) is 0 Å². The first kappa shape index (κ1) is 21.7. The van der Waals surface area contributed by atoms with Gasteiger partial charge in [0.1, 0.15) is 0 Å². The molecule has 1 atom stereocenters. The van der Waals surface area contributed by atoms with Crippen molar-refractivity contribution in [3.05, 3.63) is 71.8 Å². The molecular formula is C28H34N6. The normalized spacial score (nSPS) is 19.1. The minimum atomic E-state index is 0.369. The van der Waals surface area contributed by atoms with E-state index >= 15 is 0 Å². The topological polar surface area (TPSA) is 60.1 Å². The lowest BCUT2D eigenvalue weighted by Crippen LogP contribution is -2.44. The van der Waals surface area contributed by atoms with Crippen molar-refractivity contribution in [3.63, 3.8) is 0 Å². The predicted molar refractivity (Wildman–Crippen MR) is 138 cm³/mol. The van der Waals surface area contributed by atoms with Gasteiger partial charge in [-0.3, -0.25) is 14.9 Å². The lowest BCUT2D eigenvalue weighted by Gasteiger charge is -2.35. The quantitative estimate of drug-likeness (QED) is 0.436. The highest BCUT2D eigenvalue weighted by molar-refractivity contribution is 6.06. The van der Waals surface area contributed by atoms with E-state index in [1.807, 2.05) is 12.4 Å². The van der Waals surface area contributed by atoms with E-state index in [4.69, 9.17) is 9.97 Å². The van der Waals surface area contributed by atoms with Crippen LogP contribution in [-0.2, 0) is 13.0 Å². The molecule has 0 radical (unpaired) electrons. The molecule has 1 saturated heterocycles. The van der Waals surface area contributed by atoms with Crippen LogP contribution in [0.25, 0.3) is 21.8 Å². The molecule has 1 fully saturated rings. The standard InChI is InChI=1S/C28H34N6/c1-2-9-25-23(8-1)24-18-22(31-19-26(24)32-25)20-34(15-5-14-33-16-12-29-13-17-33)27-10-3-6-21-7-4-11-30-28(21)27/h1-2,4,7-9,11,18-19,27,29,32H,3,5-6,10,12-17,20H2/t27-/m0/s1. The second-order valence-electron chi connectivity index (χ2n) is 9.76. The zero-order valence-electron chi connectivity index (χ0n) is 19.8. The maximum atomic E-state index is 4.88. The minimum Gasteiger partial charge on any atom is -0.353 e. The Labute approximate surface area is 201 Å². The predicted octanol–water partition coefficient (Wildman–Crippen LogP) is 4.29. The zero-order chi connectivity index (χ0) is 22.7. The monoisotopic (exact) mass is 454 g/mol. The number of rotatable bonds is 7. The summed E-state index contributed by atoms with van der Waals surface area (Å²) in [6.07, 6.45) is 8.70. The number of piperazine rings is 1. The second kappa shape index (κ2) is 9.82. The van der Waals surface area contributed by atoms with E-state index in [2.05, 4.69) is 62.6 Å². The Bertz CT molecular complexity index is 1260. The molecule has 2 N–H and O–H groups in total. The Morgan fingerprint density at radius 2 is 1.91 bits per heavy atom. The van der Waals surface area contributed by atoms with Crippen molar-refractivity contribution < 1.29 is 0 Å². The van der Waals surface area contributed by atoms with Crippen molar-refractivity contribution in [2.75, 3.05) is 39.3 Å². The summed E-state index contributed by atoms with van der Waals surface area (Å²) in [5.41, 5.74) is 6.13. The van der Waals surface area contributed by atoms with Gasteiger partial charge in [-0.25, -0.2) is 0 Å². The van der Waals surface area contributed by atoms with Gasteiger partial charge >= 0.3 is 0 Å². The molecule has 0 saturated carbocycles. The lowest BCUT2D eigenvalue weighted by molar-refractivity contribution is 0.148. The summed E-state index contributed by atoms with van der Waals surface area (Å²) in [7, 11) is 0. The Kier molecular flexibility index (Phi) is 6.27. The smallest absolute Gasteiger partial charge is 0.0651 e. The van der Waals surface area contributed by atoms with Gasteiger partial charge < -0.3 is 15.2 Å². The van der Waals surface area contributed by atoms with Gasteiger partial charge in [0.05, 0.1) is 29.1 Å². The van der Waals surface area contributed by atoms with Crippen molar-refractivity contribution in [1.29, 1.82) is 0 Å². The van der Waals surface area contributed by atoms with Gasteiger partial charge in [0, 0.05) is 61.8 Å². The minimum absolute atomic E-state index is 0.369. The van der Waals surface area contributed by atoms with Gasteiger partial charge in [0.2, 0.25) is 0 Å². The first-order valence-electron chi connectivity index (χ1n) is 12.8. The number of aryl methyl sites for hydroxylation is 1. The Morgan fingerprint density at radius 3 is 2.85 bits per heavy atom. The maximum absolute atomic E-state index is 4.88. The molecule has 1 aromatic carbocycles. The van der Waals surface area contributed by atoms with Gasteiger partial charge in [-0.05, 0) is 56.0 Å². The molecule has 0 amide bonds. The lowest BCUT2D eigenvalue weighted by atomic mass is 9.90. The van der Waals surface area contributed by atoms with Crippen LogP contribution in [0, 0.1) is 0 Å². The molecule has 2 aliphatic rings. The van der Waals surface area contributed by atoms with Gasteiger partial charge in [-0.1, -0.05) is 24.3 Å². The number of H-pyrrole nitrogens is 1. The van der Waals surface area contributed by atoms with E-state index in [0.717, 1.165) is 63.4 Å². The highest BCUT2D eigenvalue weighted by Crippen LogP contribution is 2.34. The number of aromatic nitrogens is 3. The van der Waals surface area contributed by atoms with Crippen molar-refractivity contribution >= 4 is 21.8 Å². The molecule has 4 aromatic rings. The summed E-state index contributed by atoms with van der Waals surface area (Å²) < 4.78 is 0. The molecular weight excluding hydrogens is 420 g/mol. The van der Waals surface area contributed by atoms with E-state index in [1.54, 1.807) is 0 Å². The third kappa shape index (κ3) is 4.45. The van der Waals surface area contributed by atoms with Crippen LogP contribution in [0.15, 0.2) is 54.9 Å². The number of fused-ring (bicyclic) bond motifs is 4. The van der Waals surface area contributed by atoms with Crippen LogP contribution in [0.2, 0.25) is 0 Å². The van der Waals surface area contributed by atoms with E-state index in [1.165, 1.54) is 46.8 Å². The second-order valence-corrected chi connectivity index (χ2v) is 9.76. The van der Waals surface area contributed by atoms with Crippen LogP contribution in [0.5, 0.6) is 0 Å². The average Bonchev–Trinajstić information content (AvgIpc) is 3.26. The Balaban J connectivity index is 1.27. The van der Waals surface area contributed by atoms with Gasteiger partial charge in [-0.15, -0.1) is 0 Å². The number of para-hydroxylation sites is 1. The molecule has 6 heteroatoms. The summed E-state index contributed by atoms with van der Waals surface area (Å²) in [5, 5.41) is 6.00. The molecule has 176 valence electrons. The van der Waals surface area contributed by atoms with Crippen LogP contribution in [0.4, 0.5) is 0 Å². The average molecular weight is 455 g/mol. The summed E-state index contributed by atoms with van der Waals surface area (Å²) in [6, 6.07) is 15.6. The van der Waals surface area contributed by atoms with E-state index < -0.39 is 0 Å². The summed E-state index contributed by atoms with van der Waals surface area (Å²) in [5.74, 6) is 0. The molecule has 0 spiro atoms. The van der Waals surface area contributed by atoms with Crippen molar-refractivity contribution in [2.45, 2.75) is 38.3 Å². The summed E-state index contributed by atoms with van der Waals surface area (Å²) >= 11 is 0. The third-order valence-corrected chi connectivity index (χ3v) is 7.55. The number of pyridine rings is 2. The third-order valence-electron chi connectivity index (χ3n) is 7.55. The molecule has 0 bridgehead atoms. The van der Waals surface area contributed by atoms with Crippen LogP contribution < -0.4 is 5.32 Å². The van der Waals surface area contributed by atoms with Crippen LogP contribution in [0.1, 0.15) is 42.3 Å². The number of nitrogens with zero attached hydrogens (tertiary/aromatic N) is 4. The van der Waals surface area contributed by atoms with E-state index in [0.29, 0.717) is 6.04 Å². The molecule has 6 nitrogen and oxygen atoms in total. The first-order valence-corrected chi connectivity index (χ1v) is 12.8. The van der Waals surface area contributed by atoms with Crippen LogP contribution in [-0.4, -0.2) is 64.0 Å². The molecule has 1 aliphatic heterocycles. The number of benzene rings is 1. The van der Waals surface area contributed by atoms with Crippen molar-refractivity contribution in [1.82, 2.24) is 30.1 Å². The molecule has 3 aromatic heterocycles. The molecule has 1 aliphatic carbocycles. The summed E-state index contributed by atoms with van der Waals surface area (Å²) in [4.78, 5) is 18.5. The largest absolute Gasteiger partial charge is 0.353 e. The zero-order valence-corrected chi connectivity index (χ0v) is 19.8. The van der Waals surface area contributed by atoms with Crippen molar-refractivity contribution in [3.8, 4) is 0 Å². The first-order chi connectivity index (χ1) is 16.8. The van der Waals surface area contributed by atoms with E-state index in [-0.39, 0.29) is 0 Å². The number of hydrogen-bond acceptors (Lipinski definition) is 5. The Hall–Kier alpha value is -2.80. The molecule has 0 unspecified atom stereocenters.